The summed E-state index contributed by atoms with van der Waals surface area (Å²) in [5.41, 5.74) is 0.955. The summed E-state index contributed by atoms with van der Waals surface area (Å²) in [5, 5.41) is 3.22. The Morgan fingerprint density at radius 2 is 2.05 bits per heavy atom. The fraction of sp³-hybridized carbons (Fsp3) is 0.143. The number of carbonyl (C=O) groups excluding carboxylic acids is 1. The van der Waals surface area contributed by atoms with E-state index in [9.17, 15) is 4.79 Å². The predicted octanol–water partition coefficient (Wildman–Crippen LogP) is 3.39. The summed E-state index contributed by atoms with van der Waals surface area (Å²) in [5.74, 6) is 0.466. The van der Waals surface area contributed by atoms with Gasteiger partial charge in [0.05, 0.1) is 6.61 Å². The number of amides is 1. The summed E-state index contributed by atoms with van der Waals surface area (Å²) in [4.78, 5) is 15.9. The van der Waals surface area contributed by atoms with Gasteiger partial charge < -0.3 is 10.1 Å². The fourth-order valence-electron chi connectivity index (χ4n) is 1.53. The zero-order valence-corrected chi connectivity index (χ0v) is 11.1. The van der Waals surface area contributed by atoms with E-state index in [0.717, 1.165) is 5.75 Å². The van der Waals surface area contributed by atoms with Gasteiger partial charge in [0.1, 0.15) is 11.4 Å². The van der Waals surface area contributed by atoms with Crippen molar-refractivity contribution in [3.63, 3.8) is 0 Å². The van der Waals surface area contributed by atoms with Gasteiger partial charge in [0.25, 0.3) is 5.91 Å². The molecule has 0 saturated carbocycles. The van der Waals surface area contributed by atoms with Crippen molar-refractivity contribution in [3.8, 4) is 5.75 Å². The van der Waals surface area contributed by atoms with Crippen LogP contribution in [-0.4, -0.2) is 17.5 Å². The Labute approximate surface area is 116 Å². The van der Waals surface area contributed by atoms with Crippen LogP contribution >= 0.6 is 11.6 Å². The van der Waals surface area contributed by atoms with Crippen LogP contribution in [-0.2, 0) is 0 Å². The molecule has 5 heteroatoms. The smallest absolute Gasteiger partial charge is 0.274 e. The molecule has 0 fully saturated rings. The van der Waals surface area contributed by atoms with Crippen molar-refractivity contribution < 1.29 is 9.53 Å². The highest BCUT2D eigenvalue weighted by molar-refractivity contribution is 6.30. The van der Waals surface area contributed by atoms with Crippen molar-refractivity contribution in [1.82, 2.24) is 4.98 Å². The highest BCUT2D eigenvalue weighted by atomic mass is 35.5. The quantitative estimate of drug-likeness (QED) is 0.931. The number of ether oxygens (including phenoxy) is 1. The number of carbonyl (C=O) groups is 1. The Morgan fingerprint density at radius 3 is 2.68 bits per heavy atom. The van der Waals surface area contributed by atoms with E-state index in [2.05, 4.69) is 10.3 Å². The van der Waals surface area contributed by atoms with E-state index in [0.29, 0.717) is 17.3 Å². The van der Waals surface area contributed by atoms with Gasteiger partial charge in [-0.2, -0.15) is 0 Å². The molecule has 19 heavy (non-hydrogen) atoms. The van der Waals surface area contributed by atoms with Crippen LogP contribution in [0.1, 0.15) is 17.4 Å². The molecule has 1 amide bonds. The average molecular weight is 277 g/mol. The maximum Gasteiger partial charge on any atom is 0.274 e. The number of pyridine rings is 1. The van der Waals surface area contributed by atoms with E-state index < -0.39 is 0 Å². The Bertz CT molecular complexity index is 570. The summed E-state index contributed by atoms with van der Waals surface area (Å²) >= 11 is 5.81. The van der Waals surface area contributed by atoms with Gasteiger partial charge >= 0.3 is 0 Å². The molecule has 1 heterocycles. The average Bonchev–Trinajstić information content (AvgIpc) is 2.41. The van der Waals surface area contributed by atoms with Gasteiger partial charge in [-0.25, -0.2) is 0 Å². The fourth-order valence-corrected chi connectivity index (χ4v) is 1.68. The topological polar surface area (TPSA) is 51.2 Å². The summed E-state index contributed by atoms with van der Waals surface area (Å²) in [7, 11) is 0. The third-order valence-corrected chi connectivity index (χ3v) is 2.61. The SMILES string of the molecule is CCOc1ccc(NC(=O)c2cc(Cl)ccn2)cc1. The minimum Gasteiger partial charge on any atom is -0.494 e. The molecular formula is C14H13ClN2O2. The predicted molar refractivity (Wildman–Crippen MR) is 74.8 cm³/mol. The first-order chi connectivity index (χ1) is 9.19. The summed E-state index contributed by atoms with van der Waals surface area (Å²) in [6, 6.07) is 10.3. The summed E-state index contributed by atoms with van der Waals surface area (Å²) in [6.45, 7) is 2.53. The zero-order chi connectivity index (χ0) is 13.7. The third kappa shape index (κ3) is 3.69. The number of benzene rings is 1. The first-order valence-corrected chi connectivity index (χ1v) is 6.22. The molecule has 0 spiro atoms. The molecule has 0 aliphatic rings. The number of hydrogen-bond donors (Lipinski definition) is 1. The van der Waals surface area contributed by atoms with Crippen LogP contribution in [0.4, 0.5) is 5.69 Å². The van der Waals surface area contributed by atoms with Gasteiger partial charge in [-0.3, -0.25) is 9.78 Å². The van der Waals surface area contributed by atoms with E-state index >= 15 is 0 Å². The van der Waals surface area contributed by atoms with Crippen LogP contribution < -0.4 is 10.1 Å². The number of hydrogen-bond acceptors (Lipinski definition) is 3. The number of anilines is 1. The maximum absolute atomic E-state index is 11.9. The highest BCUT2D eigenvalue weighted by Gasteiger charge is 2.07. The minimum absolute atomic E-state index is 0.279. The van der Waals surface area contributed by atoms with E-state index in [4.69, 9.17) is 16.3 Å². The van der Waals surface area contributed by atoms with Gasteiger partial charge in [-0.05, 0) is 43.3 Å². The molecule has 0 saturated heterocycles. The second kappa shape index (κ2) is 6.20. The van der Waals surface area contributed by atoms with Crippen molar-refractivity contribution in [2.75, 3.05) is 11.9 Å². The molecule has 2 rings (SSSR count). The minimum atomic E-state index is -0.299. The van der Waals surface area contributed by atoms with Crippen molar-refractivity contribution in [2.45, 2.75) is 6.92 Å². The lowest BCUT2D eigenvalue weighted by Gasteiger charge is -2.06. The molecule has 4 nitrogen and oxygen atoms in total. The van der Waals surface area contributed by atoms with Crippen LogP contribution in [0.15, 0.2) is 42.6 Å². The second-order valence-corrected chi connectivity index (χ2v) is 4.21. The molecule has 0 bridgehead atoms. The molecule has 98 valence electrons. The summed E-state index contributed by atoms with van der Waals surface area (Å²) in [6.07, 6.45) is 1.50. The molecule has 0 unspecified atom stereocenters. The number of nitrogens with zero attached hydrogens (tertiary/aromatic N) is 1. The molecule has 0 aliphatic heterocycles. The van der Waals surface area contributed by atoms with Gasteiger partial charge in [0, 0.05) is 16.9 Å². The van der Waals surface area contributed by atoms with Crippen LogP contribution in [0, 0.1) is 0 Å². The number of rotatable bonds is 4. The van der Waals surface area contributed by atoms with E-state index in [1.807, 2.05) is 6.92 Å². The lowest BCUT2D eigenvalue weighted by molar-refractivity contribution is 0.102. The highest BCUT2D eigenvalue weighted by Crippen LogP contribution is 2.16. The van der Waals surface area contributed by atoms with Gasteiger partial charge in [-0.15, -0.1) is 0 Å². The first-order valence-electron chi connectivity index (χ1n) is 5.85. The molecule has 1 aromatic carbocycles. The van der Waals surface area contributed by atoms with Crippen molar-refractivity contribution >= 4 is 23.2 Å². The Morgan fingerprint density at radius 1 is 1.32 bits per heavy atom. The van der Waals surface area contributed by atoms with Crippen molar-refractivity contribution in [2.24, 2.45) is 0 Å². The molecular weight excluding hydrogens is 264 g/mol. The molecule has 0 atom stereocenters. The molecule has 1 N–H and O–H groups in total. The van der Waals surface area contributed by atoms with Crippen LogP contribution in [0.25, 0.3) is 0 Å². The van der Waals surface area contributed by atoms with Crippen LogP contribution in [0.3, 0.4) is 0 Å². The molecule has 2 aromatic rings. The lowest BCUT2D eigenvalue weighted by atomic mass is 10.3. The molecule has 1 aromatic heterocycles. The maximum atomic E-state index is 11.9. The van der Waals surface area contributed by atoms with Gasteiger partial charge in [-0.1, -0.05) is 11.6 Å². The van der Waals surface area contributed by atoms with E-state index in [1.165, 1.54) is 12.3 Å². The molecule has 0 aliphatic carbocycles. The standard InChI is InChI=1S/C14H13ClN2O2/c1-2-19-12-5-3-11(4-6-12)17-14(18)13-9-10(15)7-8-16-13/h3-9H,2H2,1H3,(H,17,18). The monoisotopic (exact) mass is 276 g/mol. The van der Waals surface area contributed by atoms with Crippen LogP contribution in [0.5, 0.6) is 5.75 Å². The zero-order valence-electron chi connectivity index (χ0n) is 10.4. The van der Waals surface area contributed by atoms with Gasteiger partial charge in [0.15, 0.2) is 0 Å². The normalized spacial score (nSPS) is 10.0. The van der Waals surface area contributed by atoms with Crippen molar-refractivity contribution in [3.05, 3.63) is 53.3 Å². The number of aromatic nitrogens is 1. The second-order valence-electron chi connectivity index (χ2n) is 3.77. The number of halogens is 1. The largest absolute Gasteiger partial charge is 0.494 e. The first kappa shape index (κ1) is 13.4. The number of nitrogens with one attached hydrogen (secondary N) is 1. The van der Waals surface area contributed by atoms with Gasteiger partial charge in [0.2, 0.25) is 0 Å². The Balaban J connectivity index is 2.06. The van der Waals surface area contributed by atoms with E-state index in [-0.39, 0.29) is 11.6 Å². The van der Waals surface area contributed by atoms with Crippen molar-refractivity contribution in [1.29, 1.82) is 0 Å². The molecule has 0 radical (unpaired) electrons. The van der Waals surface area contributed by atoms with E-state index in [1.54, 1.807) is 30.3 Å². The van der Waals surface area contributed by atoms with Crippen LogP contribution in [0.2, 0.25) is 5.02 Å². The lowest BCUT2D eigenvalue weighted by Crippen LogP contribution is -2.13. The Hall–Kier alpha value is -2.07. The third-order valence-electron chi connectivity index (χ3n) is 2.38. The Kier molecular flexibility index (Phi) is 4.36. The summed E-state index contributed by atoms with van der Waals surface area (Å²) < 4.78 is 5.32.